The first kappa shape index (κ1) is 23.9. The van der Waals surface area contributed by atoms with E-state index in [0.29, 0.717) is 6.42 Å². The number of nitrogens with one attached hydrogen (secondary N) is 2. The number of amides is 3. The van der Waals surface area contributed by atoms with Gasteiger partial charge in [0.1, 0.15) is 6.04 Å². The van der Waals surface area contributed by atoms with Crippen molar-refractivity contribution < 1.29 is 19.5 Å². The first-order valence-electron chi connectivity index (χ1n) is 10.7. The van der Waals surface area contributed by atoms with Crippen molar-refractivity contribution in [1.29, 1.82) is 0 Å². The van der Waals surface area contributed by atoms with E-state index < -0.39 is 34.2 Å². The number of carbonyl (C=O) groups is 3. The number of likely N-dealkylation sites (tertiary alicyclic amines) is 1. The van der Waals surface area contributed by atoms with Crippen LogP contribution in [0.5, 0.6) is 0 Å². The molecule has 0 aliphatic carbocycles. The molecule has 3 aliphatic rings. The molecule has 8 atom stereocenters. The van der Waals surface area contributed by atoms with Gasteiger partial charge in [0.15, 0.2) is 0 Å². The van der Waals surface area contributed by atoms with Crippen molar-refractivity contribution in [2.24, 2.45) is 17.8 Å². The molecule has 3 N–H and O–H groups in total. The Labute approximate surface area is 191 Å². The van der Waals surface area contributed by atoms with Gasteiger partial charge in [-0.15, -0.1) is 11.8 Å². The van der Waals surface area contributed by atoms with Gasteiger partial charge in [-0.3, -0.25) is 14.4 Å². The van der Waals surface area contributed by atoms with E-state index in [1.807, 2.05) is 34.6 Å². The molecule has 3 fully saturated rings. The van der Waals surface area contributed by atoms with Crippen molar-refractivity contribution in [2.45, 2.75) is 79.9 Å². The summed E-state index contributed by atoms with van der Waals surface area (Å²) in [6.45, 7) is 9.54. The lowest BCUT2D eigenvalue weighted by atomic mass is 9.70. The van der Waals surface area contributed by atoms with Crippen LogP contribution >= 0.6 is 27.7 Å². The second-order valence-electron chi connectivity index (χ2n) is 9.90. The number of alkyl halides is 1. The van der Waals surface area contributed by atoms with Crippen molar-refractivity contribution >= 4 is 45.4 Å². The van der Waals surface area contributed by atoms with E-state index >= 15 is 0 Å². The molecule has 3 amide bonds. The SMILES string of the molecule is CC[C@H](C)[C@H](CO)N1C(=O)[C@@H]2[C@@H](C(=O)NC)[C@@H]3SC2(CC3Br)C1C(=O)NC(C)(C)C. The molecule has 7 nitrogen and oxygen atoms in total. The molecule has 2 bridgehead atoms. The Morgan fingerprint density at radius 2 is 2.00 bits per heavy atom. The van der Waals surface area contributed by atoms with Gasteiger partial charge in [-0.25, -0.2) is 0 Å². The smallest absolute Gasteiger partial charge is 0.244 e. The summed E-state index contributed by atoms with van der Waals surface area (Å²) in [4.78, 5) is 41.9. The number of aliphatic hydroxyl groups is 1. The molecule has 30 heavy (non-hydrogen) atoms. The largest absolute Gasteiger partial charge is 0.394 e. The van der Waals surface area contributed by atoms with Gasteiger partial charge in [0, 0.05) is 22.7 Å². The number of hydrogen-bond acceptors (Lipinski definition) is 5. The summed E-state index contributed by atoms with van der Waals surface area (Å²) in [7, 11) is 1.59. The van der Waals surface area contributed by atoms with Crippen LogP contribution in [0.4, 0.5) is 0 Å². The lowest BCUT2D eigenvalue weighted by Crippen LogP contribution is -2.60. The molecular formula is C21H34BrN3O4S. The van der Waals surface area contributed by atoms with Gasteiger partial charge in [0.25, 0.3) is 0 Å². The lowest BCUT2D eigenvalue weighted by molar-refractivity contribution is -0.144. The van der Waals surface area contributed by atoms with Crippen LogP contribution in [-0.4, -0.2) is 73.8 Å². The molecule has 170 valence electrons. The first-order valence-corrected chi connectivity index (χ1v) is 12.5. The molecule has 9 heteroatoms. The summed E-state index contributed by atoms with van der Waals surface area (Å²) in [5.74, 6) is -1.55. The summed E-state index contributed by atoms with van der Waals surface area (Å²) in [6.07, 6.45) is 1.42. The lowest BCUT2D eigenvalue weighted by Gasteiger charge is -2.40. The average Bonchev–Trinajstić information content (AvgIpc) is 3.24. The van der Waals surface area contributed by atoms with E-state index in [-0.39, 0.29) is 40.3 Å². The van der Waals surface area contributed by atoms with E-state index in [2.05, 4.69) is 26.6 Å². The molecule has 0 aromatic heterocycles. The van der Waals surface area contributed by atoms with Crippen LogP contribution in [0.2, 0.25) is 0 Å². The standard InChI is InChI=1S/C21H34BrN3O4S/c1-7-10(2)12(9-26)25-16(18(28)24-20(3,4)5)21-8-11(22)15(30-21)13(17(27)23-6)14(21)19(25)29/h10-16,26H,7-9H2,1-6H3,(H,23,27)(H,24,28)/t10-,11?,12-,13+,14-,15+,16?,21?/m0/s1. The number of halogens is 1. The molecule has 3 rings (SSSR count). The molecule has 3 saturated heterocycles. The molecule has 0 aromatic carbocycles. The van der Waals surface area contributed by atoms with E-state index in [0.717, 1.165) is 6.42 Å². The minimum absolute atomic E-state index is 0.0273. The number of nitrogens with zero attached hydrogens (tertiary/aromatic N) is 1. The minimum Gasteiger partial charge on any atom is -0.394 e. The molecule has 3 heterocycles. The predicted molar refractivity (Wildman–Crippen MR) is 121 cm³/mol. The molecular weight excluding hydrogens is 470 g/mol. The summed E-state index contributed by atoms with van der Waals surface area (Å²) in [5, 5.41) is 16.0. The fraction of sp³-hybridized carbons (Fsp3) is 0.857. The van der Waals surface area contributed by atoms with Crippen LogP contribution in [-0.2, 0) is 14.4 Å². The maximum Gasteiger partial charge on any atom is 0.244 e. The maximum atomic E-state index is 13.8. The third-order valence-electron chi connectivity index (χ3n) is 6.87. The zero-order valence-electron chi connectivity index (χ0n) is 18.6. The van der Waals surface area contributed by atoms with Crippen LogP contribution in [0.25, 0.3) is 0 Å². The summed E-state index contributed by atoms with van der Waals surface area (Å²) < 4.78 is -0.677. The Morgan fingerprint density at radius 1 is 1.37 bits per heavy atom. The third kappa shape index (κ3) is 3.58. The number of carbonyl (C=O) groups excluding carboxylic acids is 3. The maximum absolute atomic E-state index is 13.8. The highest BCUT2D eigenvalue weighted by atomic mass is 79.9. The Bertz CT molecular complexity index is 730. The van der Waals surface area contributed by atoms with Gasteiger partial charge in [0.05, 0.1) is 29.2 Å². The number of fused-ring (bicyclic) bond motifs is 1. The fourth-order valence-corrected chi connectivity index (χ4v) is 9.04. The Balaban J connectivity index is 2.13. The molecule has 3 aliphatic heterocycles. The highest BCUT2D eigenvalue weighted by Crippen LogP contribution is 2.68. The number of hydrogen-bond donors (Lipinski definition) is 3. The average molecular weight is 504 g/mol. The Morgan fingerprint density at radius 3 is 2.50 bits per heavy atom. The van der Waals surface area contributed by atoms with Crippen molar-refractivity contribution in [2.75, 3.05) is 13.7 Å². The van der Waals surface area contributed by atoms with Crippen molar-refractivity contribution in [1.82, 2.24) is 15.5 Å². The minimum atomic E-state index is -0.718. The monoisotopic (exact) mass is 503 g/mol. The number of thioether (sulfide) groups is 1. The molecule has 1 spiro atoms. The van der Waals surface area contributed by atoms with Crippen LogP contribution in [0.3, 0.4) is 0 Å². The quantitative estimate of drug-likeness (QED) is 0.477. The highest BCUT2D eigenvalue weighted by Gasteiger charge is 2.76. The fourth-order valence-electron chi connectivity index (χ4n) is 5.44. The summed E-state index contributed by atoms with van der Waals surface area (Å²) in [6, 6.07) is -1.18. The predicted octanol–water partition coefficient (Wildman–Crippen LogP) is 1.52. The van der Waals surface area contributed by atoms with Crippen LogP contribution in [0, 0.1) is 17.8 Å². The highest BCUT2D eigenvalue weighted by molar-refractivity contribution is 9.09. The molecule has 0 aromatic rings. The second kappa shape index (κ2) is 8.28. The van der Waals surface area contributed by atoms with Gasteiger partial charge >= 0.3 is 0 Å². The van der Waals surface area contributed by atoms with Gasteiger partial charge in [-0.1, -0.05) is 36.2 Å². The zero-order valence-corrected chi connectivity index (χ0v) is 21.0. The van der Waals surface area contributed by atoms with Gasteiger partial charge in [-0.05, 0) is 33.1 Å². The van der Waals surface area contributed by atoms with Crippen molar-refractivity contribution in [3.63, 3.8) is 0 Å². The normalized spacial score (nSPS) is 37.1. The molecule has 0 saturated carbocycles. The van der Waals surface area contributed by atoms with Crippen LogP contribution in [0.1, 0.15) is 47.5 Å². The Kier molecular flexibility index (Phi) is 6.58. The summed E-state index contributed by atoms with van der Waals surface area (Å²) >= 11 is 5.34. The van der Waals surface area contributed by atoms with E-state index in [1.165, 1.54) is 0 Å². The molecule has 3 unspecified atom stereocenters. The van der Waals surface area contributed by atoms with Gasteiger partial charge < -0.3 is 20.6 Å². The van der Waals surface area contributed by atoms with Gasteiger partial charge in [0.2, 0.25) is 17.7 Å². The second-order valence-corrected chi connectivity index (χ2v) is 12.6. The number of aliphatic hydroxyl groups excluding tert-OH is 1. The van der Waals surface area contributed by atoms with E-state index in [1.54, 1.807) is 23.7 Å². The third-order valence-corrected chi connectivity index (χ3v) is 10.1. The van der Waals surface area contributed by atoms with Crippen LogP contribution in [0.15, 0.2) is 0 Å². The first-order chi connectivity index (χ1) is 13.9. The number of rotatable bonds is 6. The van der Waals surface area contributed by atoms with Gasteiger partial charge in [-0.2, -0.15) is 0 Å². The van der Waals surface area contributed by atoms with E-state index in [9.17, 15) is 19.5 Å². The zero-order chi connectivity index (χ0) is 22.6. The van der Waals surface area contributed by atoms with Crippen molar-refractivity contribution in [3.8, 4) is 0 Å². The Hall–Kier alpha value is -0.800. The van der Waals surface area contributed by atoms with Crippen LogP contribution < -0.4 is 10.6 Å². The van der Waals surface area contributed by atoms with E-state index in [4.69, 9.17) is 0 Å². The summed E-state index contributed by atoms with van der Waals surface area (Å²) in [5.41, 5.74) is -0.457. The topological polar surface area (TPSA) is 98.7 Å². The van der Waals surface area contributed by atoms with Crippen molar-refractivity contribution in [3.05, 3.63) is 0 Å². The molecule has 0 radical (unpaired) electrons.